The monoisotopic (exact) mass is 186 g/mol. The van der Waals surface area contributed by atoms with Crippen LogP contribution in [0.25, 0.3) is 11.3 Å². The second-order valence-electron chi connectivity index (χ2n) is 3.24. The fourth-order valence-corrected chi connectivity index (χ4v) is 1.46. The molecular formula is C12H12NO. The number of benzene rings is 1. The highest BCUT2D eigenvalue weighted by atomic mass is 16.5. The van der Waals surface area contributed by atoms with E-state index >= 15 is 0 Å². The van der Waals surface area contributed by atoms with Crippen LogP contribution in [0.5, 0.6) is 0 Å². The summed E-state index contributed by atoms with van der Waals surface area (Å²) in [5.74, 6) is 0. The van der Waals surface area contributed by atoms with E-state index in [0.29, 0.717) is 0 Å². The normalized spacial score (nSPS) is 10.4. The van der Waals surface area contributed by atoms with Crippen molar-refractivity contribution in [1.82, 2.24) is 5.16 Å². The molecule has 0 aliphatic carbocycles. The van der Waals surface area contributed by atoms with E-state index < -0.39 is 0 Å². The Morgan fingerprint density at radius 3 is 3.00 bits per heavy atom. The Morgan fingerprint density at radius 1 is 1.43 bits per heavy atom. The van der Waals surface area contributed by atoms with Gasteiger partial charge in [0.15, 0.2) is 0 Å². The molecule has 0 aliphatic rings. The van der Waals surface area contributed by atoms with Gasteiger partial charge in [-0.15, -0.1) is 0 Å². The molecule has 0 saturated carbocycles. The summed E-state index contributed by atoms with van der Waals surface area (Å²) in [5, 5.41) is 4.00. The summed E-state index contributed by atoms with van der Waals surface area (Å²) in [7, 11) is 0. The fourth-order valence-electron chi connectivity index (χ4n) is 1.46. The maximum Gasteiger partial charge on any atom is 0.127 e. The summed E-state index contributed by atoms with van der Waals surface area (Å²) in [4.78, 5) is 0. The first-order valence-corrected chi connectivity index (χ1v) is 4.67. The molecule has 0 aliphatic heterocycles. The van der Waals surface area contributed by atoms with Crippen LogP contribution in [-0.2, 0) is 6.42 Å². The standard InChI is InChI=1S/C12H12NO/c1-3-10-8-14-13-12(10)11-6-4-5-9(2)7-11/h4-8H,2-3H2,1H3. The van der Waals surface area contributed by atoms with Gasteiger partial charge in [-0.3, -0.25) is 0 Å². The minimum absolute atomic E-state index is 0.929. The van der Waals surface area contributed by atoms with E-state index in [-0.39, 0.29) is 0 Å². The summed E-state index contributed by atoms with van der Waals surface area (Å²) < 4.78 is 4.96. The number of nitrogens with zero attached hydrogens (tertiary/aromatic N) is 1. The molecule has 2 aromatic rings. The zero-order chi connectivity index (χ0) is 9.97. The Balaban J connectivity index is 2.49. The van der Waals surface area contributed by atoms with Gasteiger partial charge in [0.2, 0.25) is 0 Å². The molecule has 14 heavy (non-hydrogen) atoms. The van der Waals surface area contributed by atoms with Crippen molar-refractivity contribution in [3.63, 3.8) is 0 Å². The topological polar surface area (TPSA) is 26.0 Å². The third-order valence-electron chi connectivity index (χ3n) is 2.22. The van der Waals surface area contributed by atoms with Crippen LogP contribution < -0.4 is 0 Å². The molecule has 1 heterocycles. The molecule has 2 nitrogen and oxygen atoms in total. The van der Waals surface area contributed by atoms with Gasteiger partial charge in [-0.05, 0) is 25.0 Å². The van der Waals surface area contributed by atoms with E-state index in [4.69, 9.17) is 4.52 Å². The van der Waals surface area contributed by atoms with Crippen LogP contribution in [0.2, 0.25) is 0 Å². The number of rotatable bonds is 2. The van der Waals surface area contributed by atoms with Gasteiger partial charge in [0.05, 0.1) is 0 Å². The van der Waals surface area contributed by atoms with Crippen molar-refractivity contribution in [3.05, 3.63) is 48.6 Å². The third-order valence-corrected chi connectivity index (χ3v) is 2.22. The first-order chi connectivity index (χ1) is 6.81. The molecule has 0 unspecified atom stereocenters. The van der Waals surface area contributed by atoms with Crippen molar-refractivity contribution < 1.29 is 4.52 Å². The molecule has 0 N–H and O–H groups in total. The molecule has 0 fully saturated rings. The lowest BCUT2D eigenvalue weighted by atomic mass is 10.0. The van der Waals surface area contributed by atoms with Gasteiger partial charge in [0.25, 0.3) is 0 Å². The molecule has 71 valence electrons. The van der Waals surface area contributed by atoms with Gasteiger partial charge < -0.3 is 4.52 Å². The minimum Gasteiger partial charge on any atom is -0.364 e. The molecule has 1 radical (unpaired) electrons. The highest BCUT2D eigenvalue weighted by Crippen LogP contribution is 2.22. The molecule has 0 atom stereocenters. The zero-order valence-electron chi connectivity index (χ0n) is 8.16. The van der Waals surface area contributed by atoms with E-state index in [1.807, 2.05) is 24.3 Å². The van der Waals surface area contributed by atoms with Crippen molar-refractivity contribution in [3.8, 4) is 11.3 Å². The predicted molar refractivity (Wildman–Crippen MR) is 55.8 cm³/mol. The van der Waals surface area contributed by atoms with Crippen molar-refractivity contribution in [2.24, 2.45) is 0 Å². The van der Waals surface area contributed by atoms with Crippen LogP contribution in [0.4, 0.5) is 0 Å². The maximum atomic E-state index is 4.96. The lowest BCUT2D eigenvalue weighted by Gasteiger charge is -1.99. The van der Waals surface area contributed by atoms with Crippen LogP contribution in [0.3, 0.4) is 0 Å². The van der Waals surface area contributed by atoms with Crippen molar-refractivity contribution >= 4 is 0 Å². The van der Waals surface area contributed by atoms with E-state index in [2.05, 4.69) is 19.0 Å². The third kappa shape index (κ3) is 1.55. The average molecular weight is 186 g/mol. The molecule has 0 amide bonds. The predicted octanol–water partition coefficient (Wildman–Crippen LogP) is 3.09. The summed E-state index contributed by atoms with van der Waals surface area (Å²) in [6, 6.07) is 7.98. The Morgan fingerprint density at radius 2 is 2.29 bits per heavy atom. The average Bonchev–Trinajstić information content (AvgIpc) is 2.65. The number of aromatic nitrogens is 1. The second-order valence-corrected chi connectivity index (χ2v) is 3.24. The SMILES string of the molecule is [CH2]c1cccc(-c2nocc2CC)c1. The lowest BCUT2D eigenvalue weighted by molar-refractivity contribution is 0.421. The number of hydrogen-bond acceptors (Lipinski definition) is 2. The Labute approximate surface area is 83.5 Å². The van der Waals surface area contributed by atoms with Gasteiger partial charge in [0.1, 0.15) is 12.0 Å². The molecular weight excluding hydrogens is 174 g/mol. The molecule has 0 spiro atoms. The number of aryl methyl sites for hydroxylation is 1. The molecule has 1 aromatic heterocycles. The van der Waals surface area contributed by atoms with Crippen molar-refractivity contribution in [2.75, 3.05) is 0 Å². The van der Waals surface area contributed by atoms with Gasteiger partial charge in [-0.2, -0.15) is 0 Å². The van der Waals surface area contributed by atoms with Gasteiger partial charge in [0, 0.05) is 11.1 Å². The van der Waals surface area contributed by atoms with Crippen LogP contribution in [0.15, 0.2) is 35.1 Å². The number of hydrogen-bond donors (Lipinski definition) is 0. The maximum absolute atomic E-state index is 4.96. The Bertz CT molecular complexity index is 431. The Kier molecular flexibility index (Phi) is 2.35. The largest absolute Gasteiger partial charge is 0.364 e. The van der Waals surface area contributed by atoms with Gasteiger partial charge in [-0.25, -0.2) is 0 Å². The molecule has 2 heteroatoms. The minimum atomic E-state index is 0.929. The van der Waals surface area contributed by atoms with E-state index in [0.717, 1.165) is 28.8 Å². The summed E-state index contributed by atoms with van der Waals surface area (Å²) in [6.07, 6.45) is 2.63. The van der Waals surface area contributed by atoms with E-state index in [9.17, 15) is 0 Å². The van der Waals surface area contributed by atoms with Gasteiger partial charge >= 0.3 is 0 Å². The molecule has 2 rings (SSSR count). The summed E-state index contributed by atoms with van der Waals surface area (Å²) >= 11 is 0. The quantitative estimate of drug-likeness (QED) is 0.720. The first kappa shape index (κ1) is 9.00. The Hall–Kier alpha value is -1.57. The van der Waals surface area contributed by atoms with Crippen molar-refractivity contribution in [2.45, 2.75) is 13.3 Å². The summed E-state index contributed by atoms with van der Waals surface area (Å²) in [5.41, 5.74) is 4.13. The van der Waals surface area contributed by atoms with Gasteiger partial charge in [-0.1, -0.05) is 30.3 Å². The van der Waals surface area contributed by atoms with Crippen LogP contribution >= 0.6 is 0 Å². The van der Waals surface area contributed by atoms with Crippen LogP contribution in [-0.4, -0.2) is 5.16 Å². The zero-order valence-corrected chi connectivity index (χ0v) is 8.16. The first-order valence-electron chi connectivity index (χ1n) is 4.67. The molecule has 1 aromatic carbocycles. The molecule has 0 saturated heterocycles. The highest BCUT2D eigenvalue weighted by Gasteiger charge is 2.07. The molecule has 0 bridgehead atoms. The van der Waals surface area contributed by atoms with E-state index in [1.54, 1.807) is 6.26 Å². The van der Waals surface area contributed by atoms with Crippen molar-refractivity contribution in [1.29, 1.82) is 0 Å². The summed E-state index contributed by atoms with van der Waals surface area (Å²) in [6.45, 7) is 5.98. The lowest BCUT2D eigenvalue weighted by Crippen LogP contribution is -1.84. The fraction of sp³-hybridized carbons (Fsp3) is 0.167. The smallest absolute Gasteiger partial charge is 0.127 e. The van der Waals surface area contributed by atoms with E-state index in [1.165, 1.54) is 0 Å². The van der Waals surface area contributed by atoms with Crippen LogP contribution in [0.1, 0.15) is 18.1 Å². The second kappa shape index (κ2) is 3.66. The highest BCUT2D eigenvalue weighted by molar-refractivity contribution is 5.63. The van der Waals surface area contributed by atoms with Crippen LogP contribution in [0, 0.1) is 6.92 Å².